The Morgan fingerprint density at radius 1 is 1.00 bits per heavy atom. The smallest absolute Gasteiger partial charge is 0.0430 e. The summed E-state index contributed by atoms with van der Waals surface area (Å²) in [6, 6.07) is 14.9. The molecule has 1 unspecified atom stereocenters. The third-order valence-electron chi connectivity index (χ3n) is 3.41. The summed E-state index contributed by atoms with van der Waals surface area (Å²) in [6.07, 6.45) is 0. The van der Waals surface area contributed by atoms with Crippen molar-refractivity contribution in [3.8, 4) is 0 Å². The maximum atomic E-state index is 6.40. The third-order valence-corrected chi connectivity index (χ3v) is 3.41. The van der Waals surface area contributed by atoms with E-state index in [2.05, 4.69) is 68.3 Å². The van der Waals surface area contributed by atoms with Crippen LogP contribution in [0.5, 0.6) is 0 Å². The number of hydrogen-bond acceptors (Lipinski definition) is 2. The van der Waals surface area contributed by atoms with Crippen LogP contribution < -0.4 is 5.73 Å². The molecule has 0 saturated carbocycles. The van der Waals surface area contributed by atoms with Gasteiger partial charge in [0.15, 0.2) is 0 Å². The molecule has 0 heterocycles. The first-order chi connectivity index (χ1) is 9.08. The number of likely N-dealkylation sites (N-methyl/N-ethyl adjacent to an activating group) is 1. The second-order valence-electron chi connectivity index (χ2n) is 5.79. The molecule has 0 fully saturated rings. The molecule has 2 nitrogen and oxygen atoms in total. The Labute approximate surface area is 116 Å². The van der Waals surface area contributed by atoms with E-state index in [1.165, 1.54) is 16.3 Å². The van der Waals surface area contributed by atoms with Crippen LogP contribution in [0.25, 0.3) is 10.8 Å². The van der Waals surface area contributed by atoms with Crippen LogP contribution in [0.3, 0.4) is 0 Å². The minimum Gasteiger partial charge on any atom is -0.323 e. The Morgan fingerprint density at radius 3 is 2.42 bits per heavy atom. The summed E-state index contributed by atoms with van der Waals surface area (Å²) in [7, 11) is 2.14. The van der Waals surface area contributed by atoms with Crippen LogP contribution in [-0.4, -0.2) is 25.0 Å². The van der Waals surface area contributed by atoms with Gasteiger partial charge in [0.1, 0.15) is 0 Å². The first-order valence-corrected chi connectivity index (χ1v) is 6.99. The molecule has 0 aliphatic heterocycles. The van der Waals surface area contributed by atoms with Gasteiger partial charge in [0.05, 0.1) is 0 Å². The fraction of sp³-hybridized carbons (Fsp3) is 0.412. The summed E-state index contributed by atoms with van der Waals surface area (Å²) in [5, 5.41) is 2.54. The van der Waals surface area contributed by atoms with Crippen molar-refractivity contribution in [1.82, 2.24) is 4.90 Å². The Bertz CT molecular complexity index is 528. The molecule has 0 saturated heterocycles. The van der Waals surface area contributed by atoms with E-state index >= 15 is 0 Å². The molecule has 0 spiro atoms. The molecule has 19 heavy (non-hydrogen) atoms. The van der Waals surface area contributed by atoms with E-state index < -0.39 is 0 Å². The molecule has 0 bridgehead atoms. The average Bonchev–Trinajstić information content (AvgIpc) is 2.36. The van der Waals surface area contributed by atoms with E-state index in [-0.39, 0.29) is 6.04 Å². The van der Waals surface area contributed by atoms with Crippen molar-refractivity contribution in [3.63, 3.8) is 0 Å². The largest absolute Gasteiger partial charge is 0.323 e. The van der Waals surface area contributed by atoms with Gasteiger partial charge in [-0.2, -0.15) is 0 Å². The van der Waals surface area contributed by atoms with E-state index in [1.807, 2.05) is 0 Å². The summed E-state index contributed by atoms with van der Waals surface area (Å²) in [6.45, 7) is 6.45. The lowest BCUT2D eigenvalue weighted by atomic mass is 9.99. The van der Waals surface area contributed by atoms with E-state index in [0.29, 0.717) is 5.92 Å². The number of nitrogens with two attached hydrogens (primary N) is 1. The summed E-state index contributed by atoms with van der Waals surface area (Å²) in [5.41, 5.74) is 7.64. The molecule has 2 rings (SSSR count). The molecule has 0 aromatic heterocycles. The van der Waals surface area contributed by atoms with Gasteiger partial charge in [-0.25, -0.2) is 0 Å². The monoisotopic (exact) mass is 256 g/mol. The second kappa shape index (κ2) is 6.18. The van der Waals surface area contributed by atoms with Gasteiger partial charge >= 0.3 is 0 Å². The van der Waals surface area contributed by atoms with Crippen LogP contribution in [-0.2, 0) is 0 Å². The Balaban J connectivity index is 2.19. The van der Waals surface area contributed by atoms with Crippen molar-refractivity contribution in [3.05, 3.63) is 48.0 Å². The lowest BCUT2D eigenvalue weighted by Gasteiger charge is -2.24. The van der Waals surface area contributed by atoms with Gasteiger partial charge in [-0.15, -0.1) is 0 Å². The van der Waals surface area contributed by atoms with Crippen LogP contribution in [0.15, 0.2) is 42.5 Å². The number of rotatable bonds is 5. The predicted molar refractivity (Wildman–Crippen MR) is 83.2 cm³/mol. The molecule has 0 radical (unpaired) electrons. The highest BCUT2D eigenvalue weighted by molar-refractivity contribution is 5.86. The molecule has 0 aliphatic carbocycles. The van der Waals surface area contributed by atoms with Crippen LogP contribution in [0.1, 0.15) is 25.5 Å². The molecule has 1 atom stereocenters. The molecular formula is C17H24N2. The maximum Gasteiger partial charge on any atom is 0.0430 e. The Morgan fingerprint density at radius 2 is 1.68 bits per heavy atom. The predicted octanol–water partition coefficient (Wildman–Crippen LogP) is 3.43. The van der Waals surface area contributed by atoms with Crippen molar-refractivity contribution in [2.24, 2.45) is 11.7 Å². The van der Waals surface area contributed by atoms with E-state index in [9.17, 15) is 0 Å². The van der Waals surface area contributed by atoms with Crippen LogP contribution in [0, 0.1) is 5.92 Å². The van der Waals surface area contributed by atoms with E-state index in [1.54, 1.807) is 0 Å². The van der Waals surface area contributed by atoms with Gasteiger partial charge in [0.25, 0.3) is 0 Å². The standard InChI is InChI=1S/C17H24N2/c1-13(2)11-19(3)12-17(18)16-10-6-8-14-7-4-5-9-15(14)16/h4-10,13,17H,11-12,18H2,1-3H3. The zero-order chi connectivity index (χ0) is 13.8. The van der Waals surface area contributed by atoms with Crippen molar-refractivity contribution in [1.29, 1.82) is 0 Å². The highest BCUT2D eigenvalue weighted by Crippen LogP contribution is 2.23. The number of hydrogen-bond donors (Lipinski definition) is 1. The first-order valence-electron chi connectivity index (χ1n) is 6.99. The van der Waals surface area contributed by atoms with E-state index in [0.717, 1.165) is 13.1 Å². The molecule has 102 valence electrons. The normalized spacial score (nSPS) is 13.4. The zero-order valence-corrected chi connectivity index (χ0v) is 12.1. The van der Waals surface area contributed by atoms with E-state index in [4.69, 9.17) is 5.73 Å². The first kappa shape index (κ1) is 14.0. The Kier molecular flexibility index (Phi) is 4.56. The maximum absolute atomic E-state index is 6.40. The summed E-state index contributed by atoms with van der Waals surface area (Å²) >= 11 is 0. The van der Waals surface area contributed by atoms with Gasteiger partial charge in [-0.3, -0.25) is 0 Å². The molecular weight excluding hydrogens is 232 g/mol. The zero-order valence-electron chi connectivity index (χ0n) is 12.1. The van der Waals surface area contributed by atoms with Gasteiger partial charge in [0.2, 0.25) is 0 Å². The average molecular weight is 256 g/mol. The summed E-state index contributed by atoms with van der Waals surface area (Å²) < 4.78 is 0. The molecule has 2 heteroatoms. The highest BCUT2D eigenvalue weighted by atomic mass is 15.1. The summed E-state index contributed by atoms with van der Waals surface area (Å²) in [4.78, 5) is 2.32. The highest BCUT2D eigenvalue weighted by Gasteiger charge is 2.12. The van der Waals surface area contributed by atoms with Crippen molar-refractivity contribution in [2.45, 2.75) is 19.9 Å². The third kappa shape index (κ3) is 3.55. The molecule has 2 N–H and O–H groups in total. The lowest BCUT2D eigenvalue weighted by molar-refractivity contribution is 0.279. The van der Waals surface area contributed by atoms with Crippen molar-refractivity contribution >= 4 is 10.8 Å². The van der Waals surface area contributed by atoms with Crippen LogP contribution in [0.4, 0.5) is 0 Å². The minimum atomic E-state index is 0.0647. The second-order valence-corrected chi connectivity index (χ2v) is 5.79. The SMILES string of the molecule is CC(C)CN(C)CC(N)c1cccc2ccccc12. The molecule has 2 aromatic rings. The molecule has 0 aliphatic rings. The number of benzene rings is 2. The minimum absolute atomic E-state index is 0.0647. The topological polar surface area (TPSA) is 29.3 Å². The van der Waals surface area contributed by atoms with Gasteiger partial charge in [-0.1, -0.05) is 56.3 Å². The van der Waals surface area contributed by atoms with Gasteiger partial charge in [0, 0.05) is 19.1 Å². The molecule has 0 amide bonds. The lowest BCUT2D eigenvalue weighted by Crippen LogP contribution is -2.31. The number of nitrogens with zero attached hydrogens (tertiary/aromatic N) is 1. The van der Waals surface area contributed by atoms with Gasteiger partial charge < -0.3 is 10.6 Å². The number of fused-ring (bicyclic) bond motifs is 1. The fourth-order valence-electron chi connectivity index (χ4n) is 2.71. The van der Waals surface area contributed by atoms with Gasteiger partial charge in [-0.05, 0) is 29.3 Å². The Hall–Kier alpha value is -1.38. The fourth-order valence-corrected chi connectivity index (χ4v) is 2.71. The van der Waals surface area contributed by atoms with Crippen molar-refractivity contribution in [2.75, 3.05) is 20.1 Å². The summed E-state index contributed by atoms with van der Waals surface area (Å²) in [5.74, 6) is 0.671. The quantitative estimate of drug-likeness (QED) is 0.888. The van der Waals surface area contributed by atoms with Crippen LogP contribution >= 0.6 is 0 Å². The van der Waals surface area contributed by atoms with Crippen LogP contribution in [0.2, 0.25) is 0 Å². The molecule has 2 aromatic carbocycles. The van der Waals surface area contributed by atoms with Crippen molar-refractivity contribution < 1.29 is 0 Å².